The van der Waals surface area contributed by atoms with Crippen molar-refractivity contribution in [1.29, 1.82) is 0 Å². The number of rotatable bonds is 5. The Balaban J connectivity index is 1.94. The van der Waals surface area contributed by atoms with Crippen LogP contribution in [0.1, 0.15) is 15.9 Å². The van der Waals surface area contributed by atoms with Gasteiger partial charge in [0.1, 0.15) is 11.6 Å². The molecule has 0 amide bonds. The lowest BCUT2D eigenvalue weighted by atomic mass is 10.0. The van der Waals surface area contributed by atoms with Gasteiger partial charge in [-0.2, -0.15) is 0 Å². The van der Waals surface area contributed by atoms with Gasteiger partial charge in [0.2, 0.25) is 0 Å². The second-order valence-electron chi connectivity index (χ2n) is 6.57. The fraction of sp³-hybridized carbons (Fsp3) is 0.250. The van der Waals surface area contributed by atoms with Crippen molar-refractivity contribution in [2.45, 2.75) is 0 Å². The van der Waals surface area contributed by atoms with E-state index in [1.54, 1.807) is 25.6 Å². The third-order valence-corrected chi connectivity index (χ3v) is 4.61. The topological polar surface area (TPSA) is 67.3 Å². The van der Waals surface area contributed by atoms with Crippen molar-refractivity contribution in [1.82, 2.24) is 14.9 Å². The molecule has 2 heterocycles. The number of hydrogen-bond acceptors (Lipinski definition) is 6. The molecule has 132 valence electrons. The van der Waals surface area contributed by atoms with Gasteiger partial charge in [-0.1, -0.05) is 0 Å². The molecule has 1 aliphatic carbocycles. The highest BCUT2D eigenvalue weighted by molar-refractivity contribution is 6.27. The Bertz CT molecular complexity index is 1010. The molecule has 6 heteroatoms. The predicted octanol–water partition coefficient (Wildman–Crippen LogP) is 2.82. The van der Waals surface area contributed by atoms with Crippen molar-refractivity contribution in [2.24, 2.45) is 0 Å². The molecule has 0 unspecified atom stereocenters. The summed E-state index contributed by atoms with van der Waals surface area (Å²) >= 11 is 0. The number of carbonyl (C=O) groups excluding carboxylic acids is 1. The smallest absolute Gasteiger partial charge is 0.198 e. The number of ether oxygens (including phenoxy) is 1. The fourth-order valence-corrected chi connectivity index (χ4v) is 3.32. The van der Waals surface area contributed by atoms with Gasteiger partial charge in [-0.05, 0) is 32.3 Å². The van der Waals surface area contributed by atoms with Gasteiger partial charge in [-0.25, -0.2) is 4.98 Å². The van der Waals surface area contributed by atoms with E-state index in [1.807, 2.05) is 32.3 Å². The van der Waals surface area contributed by atoms with Crippen molar-refractivity contribution >= 4 is 22.5 Å². The van der Waals surface area contributed by atoms with Gasteiger partial charge in [0.05, 0.1) is 18.2 Å². The van der Waals surface area contributed by atoms with Crippen LogP contribution in [-0.4, -0.2) is 54.9 Å². The molecule has 0 aliphatic heterocycles. The molecule has 0 atom stereocenters. The van der Waals surface area contributed by atoms with E-state index in [2.05, 4.69) is 15.2 Å². The number of ketones is 1. The summed E-state index contributed by atoms with van der Waals surface area (Å²) in [5.74, 6) is 1.35. The molecule has 0 fully saturated rings. The van der Waals surface area contributed by atoms with Crippen molar-refractivity contribution in [3.63, 3.8) is 0 Å². The van der Waals surface area contributed by atoms with Crippen molar-refractivity contribution < 1.29 is 9.53 Å². The number of methoxy groups -OCH3 is 1. The SMILES string of the molecule is COc1ccc2c3c(c(NCCN(C)C)nc2c1)C(=O)c1ccncc1-3. The van der Waals surface area contributed by atoms with Gasteiger partial charge < -0.3 is 15.0 Å². The first-order valence-corrected chi connectivity index (χ1v) is 8.49. The monoisotopic (exact) mass is 348 g/mol. The van der Waals surface area contributed by atoms with Crippen LogP contribution >= 0.6 is 0 Å². The number of aromatic nitrogens is 2. The van der Waals surface area contributed by atoms with Gasteiger partial charge in [0.25, 0.3) is 0 Å². The quantitative estimate of drug-likeness (QED) is 0.598. The molecule has 0 saturated heterocycles. The van der Waals surface area contributed by atoms with Gasteiger partial charge in [-0.3, -0.25) is 9.78 Å². The van der Waals surface area contributed by atoms with Gasteiger partial charge in [-0.15, -0.1) is 0 Å². The van der Waals surface area contributed by atoms with E-state index in [4.69, 9.17) is 9.72 Å². The molecule has 2 aromatic heterocycles. The lowest BCUT2D eigenvalue weighted by Crippen LogP contribution is -2.22. The molecule has 0 saturated carbocycles. The summed E-state index contributed by atoms with van der Waals surface area (Å²) in [6, 6.07) is 7.52. The minimum absolute atomic E-state index is 0.00466. The van der Waals surface area contributed by atoms with Crippen LogP contribution < -0.4 is 10.1 Å². The lowest BCUT2D eigenvalue weighted by Gasteiger charge is -2.15. The number of nitrogens with zero attached hydrogens (tertiary/aromatic N) is 3. The molecule has 6 nitrogen and oxygen atoms in total. The molecule has 3 aromatic rings. The average molecular weight is 348 g/mol. The maximum atomic E-state index is 13.0. The summed E-state index contributed by atoms with van der Waals surface area (Å²) in [6.07, 6.45) is 3.41. The third kappa shape index (κ3) is 2.59. The second kappa shape index (κ2) is 6.38. The number of hydrogen-bond donors (Lipinski definition) is 1. The molecule has 0 bridgehead atoms. The zero-order chi connectivity index (χ0) is 18.3. The molecule has 1 N–H and O–H groups in total. The molecule has 4 rings (SSSR count). The molecular formula is C20H20N4O2. The zero-order valence-electron chi connectivity index (χ0n) is 15.0. The molecule has 1 aromatic carbocycles. The first-order valence-electron chi connectivity index (χ1n) is 8.49. The van der Waals surface area contributed by atoms with Crippen LogP contribution in [0, 0.1) is 0 Å². The van der Waals surface area contributed by atoms with Crippen LogP contribution in [0.15, 0.2) is 36.7 Å². The summed E-state index contributed by atoms with van der Waals surface area (Å²) in [7, 11) is 5.66. The predicted molar refractivity (Wildman–Crippen MR) is 102 cm³/mol. The Labute approximate surface area is 151 Å². The highest BCUT2D eigenvalue weighted by Gasteiger charge is 2.32. The number of pyridine rings is 2. The Morgan fingerprint density at radius 2 is 2.00 bits per heavy atom. The van der Waals surface area contributed by atoms with E-state index in [9.17, 15) is 4.79 Å². The van der Waals surface area contributed by atoms with Crippen LogP contribution in [0.4, 0.5) is 5.82 Å². The average Bonchev–Trinajstić information content (AvgIpc) is 2.95. The summed E-state index contributed by atoms with van der Waals surface area (Å²) in [4.78, 5) is 24.1. The Kier molecular flexibility index (Phi) is 4.05. The highest BCUT2D eigenvalue weighted by atomic mass is 16.5. The van der Waals surface area contributed by atoms with Gasteiger partial charge in [0, 0.05) is 53.6 Å². The largest absolute Gasteiger partial charge is 0.497 e. The van der Waals surface area contributed by atoms with Crippen molar-refractivity contribution in [3.8, 4) is 16.9 Å². The summed E-state index contributed by atoms with van der Waals surface area (Å²) in [6.45, 7) is 1.54. The number of fused-ring (bicyclic) bond motifs is 5. The second-order valence-corrected chi connectivity index (χ2v) is 6.57. The molecule has 0 spiro atoms. The number of benzene rings is 1. The summed E-state index contributed by atoms with van der Waals surface area (Å²) in [5, 5.41) is 4.27. The summed E-state index contributed by atoms with van der Waals surface area (Å²) < 4.78 is 5.34. The van der Waals surface area contributed by atoms with Crippen molar-refractivity contribution in [2.75, 3.05) is 39.6 Å². The number of nitrogens with one attached hydrogen (secondary N) is 1. The van der Waals surface area contributed by atoms with E-state index in [0.29, 0.717) is 23.5 Å². The highest BCUT2D eigenvalue weighted by Crippen LogP contribution is 2.43. The van der Waals surface area contributed by atoms with E-state index < -0.39 is 0 Å². The van der Waals surface area contributed by atoms with Gasteiger partial charge in [0.15, 0.2) is 5.78 Å². The molecule has 26 heavy (non-hydrogen) atoms. The maximum Gasteiger partial charge on any atom is 0.198 e. The summed E-state index contributed by atoms with van der Waals surface area (Å²) in [5.41, 5.74) is 3.86. The standard InChI is InChI=1S/C20H20N4O2/c1-24(2)9-8-22-20-18-17(15-11-21-7-6-13(15)19(18)25)14-5-4-12(26-3)10-16(14)23-20/h4-7,10-11H,8-9H2,1-3H3,(H,22,23). The van der Waals surface area contributed by atoms with E-state index in [-0.39, 0.29) is 5.78 Å². The van der Waals surface area contributed by atoms with E-state index in [1.165, 1.54) is 0 Å². The third-order valence-electron chi connectivity index (χ3n) is 4.61. The number of carbonyl (C=O) groups is 1. The lowest BCUT2D eigenvalue weighted by molar-refractivity contribution is 0.104. The molecular weight excluding hydrogens is 328 g/mol. The molecule has 1 aliphatic rings. The minimum atomic E-state index is -0.00466. The van der Waals surface area contributed by atoms with Crippen LogP contribution in [0.3, 0.4) is 0 Å². The Morgan fingerprint density at radius 3 is 2.77 bits per heavy atom. The fourth-order valence-electron chi connectivity index (χ4n) is 3.32. The first-order chi connectivity index (χ1) is 12.6. The first kappa shape index (κ1) is 16.5. The van der Waals surface area contributed by atoms with Crippen LogP contribution in [0.2, 0.25) is 0 Å². The Morgan fingerprint density at radius 1 is 1.15 bits per heavy atom. The van der Waals surface area contributed by atoms with Crippen LogP contribution in [0.5, 0.6) is 5.75 Å². The Hall–Kier alpha value is -2.99. The van der Waals surface area contributed by atoms with E-state index in [0.717, 1.165) is 34.3 Å². The minimum Gasteiger partial charge on any atom is -0.497 e. The number of likely N-dealkylation sites (N-methyl/N-ethyl adjacent to an activating group) is 1. The number of anilines is 1. The maximum absolute atomic E-state index is 13.0. The van der Waals surface area contributed by atoms with Gasteiger partial charge >= 0.3 is 0 Å². The van der Waals surface area contributed by atoms with E-state index >= 15 is 0 Å². The van der Waals surface area contributed by atoms with Crippen LogP contribution in [-0.2, 0) is 0 Å². The molecule has 0 radical (unpaired) electrons. The zero-order valence-corrected chi connectivity index (χ0v) is 15.0. The van der Waals surface area contributed by atoms with Crippen molar-refractivity contribution in [3.05, 3.63) is 47.8 Å². The van der Waals surface area contributed by atoms with Crippen LogP contribution in [0.25, 0.3) is 22.0 Å². The normalized spacial score (nSPS) is 12.4.